The summed E-state index contributed by atoms with van der Waals surface area (Å²) in [6.45, 7) is 4.13. The van der Waals surface area contributed by atoms with Crippen molar-refractivity contribution in [3.63, 3.8) is 0 Å². The van der Waals surface area contributed by atoms with Crippen LogP contribution in [0.1, 0.15) is 31.9 Å². The number of hydrogen-bond acceptors (Lipinski definition) is 3. The second-order valence-corrected chi connectivity index (χ2v) is 4.76. The predicted molar refractivity (Wildman–Crippen MR) is 68.5 cm³/mol. The molecule has 0 radical (unpaired) electrons. The van der Waals surface area contributed by atoms with Crippen LogP contribution in [0, 0.1) is 0 Å². The van der Waals surface area contributed by atoms with Gasteiger partial charge >= 0.3 is 0 Å². The molecular formula is C12H18BrNO2. The molecular weight excluding hydrogens is 270 g/mol. The zero-order valence-corrected chi connectivity index (χ0v) is 11.2. The van der Waals surface area contributed by atoms with Crippen molar-refractivity contribution in [3.05, 3.63) is 28.2 Å². The fourth-order valence-electron chi connectivity index (χ4n) is 1.31. The molecule has 16 heavy (non-hydrogen) atoms. The molecule has 0 saturated heterocycles. The molecule has 2 atom stereocenters. The van der Waals surface area contributed by atoms with Crippen LogP contribution in [0.3, 0.4) is 0 Å². The van der Waals surface area contributed by atoms with Crippen LogP contribution in [0.15, 0.2) is 22.7 Å². The maximum Gasteiger partial charge on any atom is 0.125 e. The van der Waals surface area contributed by atoms with Gasteiger partial charge in [-0.2, -0.15) is 0 Å². The molecule has 90 valence electrons. The zero-order valence-electron chi connectivity index (χ0n) is 9.61. The summed E-state index contributed by atoms with van der Waals surface area (Å²) in [5.41, 5.74) is 6.80. The largest absolute Gasteiger partial charge is 0.491 e. The molecule has 0 saturated carbocycles. The quantitative estimate of drug-likeness (QED) is 0.875. The van der Waals surface area contributed by atoms with Crippen molar-refractivity contribution in [2.75, 3.05) is 6.61 Å². The Bertz CT molecular complexity index is 342. The van der Waals surface area contributed by atoms with E-state index in [-0.39, 0.29) is 6.04 Å². The van der Waals surface area contributed by atoms with Crippen molar-refractivity contribution >= 4 is 15.9 Å². The molecule has 1 rings (SSSR count). The molecule has 0 aliphatic heterocycles. The Hall–Kier alpha value is -0.580. The Balaban J connectivity index is 2.80. The molecule has 0 bridgehead atoms. The normalized spacial score (nSPS) is 14.6. The van der Waals surface area contributed by atoms with Gasteiger partial charge in [0.2, 0.25) is 0 Å². The lowest BCUT2D eigenvalue weighted by atomic mass is 10.1. The molecule has 0 heterocycles. The lowest BCUT2D eigenvalue weighted by Gasteiger charge is -2.16. The van der Waals surface area contributed by atoms with Crippen LogP contribution in [0.4, 0.5) is 0 Å². The summed E-state index contributed by atoms with van der Waals surface area (Å²) in [4.78, 5) is 0. The average Bonchev–Trinajstić information content (AvgIpc) is 2.25. The van der Waals surface area contributed by atoms with Gasteiger partial charge in [-0.3, -0.25) is 0 Å². The van der Waals surface area contributed by atoms with Gasteiger partial charge in [0.1, 0.15) is 12.4 Å². The van der Waals surface area contributed by atoms with Crippen molar-refractivity contribution < 1.29 is 9.84 Å². The molecule has 1 aromatic rings. The van der Waals surface area contributed by atoms with E-state index in [4.69, 9.17) is 10.5 Å². The lowest BCUT2D eigenvalue weighted by molar-refractivity contribution is 0.103. The molecule has 1 aromatic carbocycles. The molecule has 3 N–H and O–H groups in total. The van der Waals surface area contributed by atoms with Crippen molar-refractivity contribution in [2.45, 2.75) is 32.4 Å². The Labute approximate surface area is 105 Å². The Kier molecular flexibility index (Phi) is 5.25. The lowest BCUT2D eigenvalue weighted by Crippen LogP contribution is -2.17. The molecule has 0 fully saturated rings. The topological polar surface area (TPSA) is 55.5 Å². The van der Waals surface area contributed by atoms with Crippen molar-refractivity contribution in [2.24, 2.45) is 5.73 Å². The van der Waals surface area contributed by atoms with E-state index in [1.165, 1.54) is 0 Å². The third-order valence-corrected chi connectivity index (χ3v) is 2.86. The number of rotatable bonds is 5. The fourth-order valence-corrected chi connectivity index (χ4v) is 1.65. The van der Waals surface area contributed by atoms with E-state index < -0.39 is 6.10 Å². The van der Waals surface area contributed by atoms with Gasteiger partial charge in [0.15, 0.2) is 0 Å². The third kappa shape index (κ3) is 3.77. The second-order valence-electron chi connectivity index (χ2n) is 3.84. The van der Waals surface area contributed by atoms with Crippen molar-refractivity contribution in [3.8, 4) is 5.75 Å². The van der Waals surface area contributed by atoms with Crippen LogP contribution in [-0.4, -0.2) is 17.8 Å². The Morgan fingerprint density at radius 3 is 2.75 bits per heavy atom. The van der Waals surface area contributed by atoms with Gasteiger partial charge < -0.3 is 15.6 Å². The standard InChI is InChI=1S/C12H18BrNO2/c1-3-10(15)7-16-12-6-9(13)4-5-11(12)8(2)14/h4-6,8,10,15H,3,7,14H2,1-2H3/t8-,10?/m0/s1. The van der Waals surface area contributed by atoms with E-state index >= 15 is 0 Å². The van der Waals surface area contributed by atoms with Crippen molar-refractivity contribution in [1.82, 2.24) is 0 Å². The fraction of sp³-hybridized carbons (Fsp3) is 0.500. The van der Waals surface area contributed by atoms with Gasteiger partial charge in [-0.15, -0.1) is 0 Å². The number of aliphatic hydroxyl groups excluding tert-OH is 1. The number of hydrogen-bond donors (Lipinski definition) is 2. The number of benzene rings is 1. The third-order valence-electron chi connectivity index (χ3n) is 2.37. The molecule has 0 aromatic heterocycles. The summed E-state index contributed by atoms with van der Waals surface area (Å²) in [5.74, 6) is 0.733. The van der Waals surface area contributed by atoms with E-state index in [0.29, 0.717) is 13.0 Å². The number of ether oxygens (including phenoxy) is 1. The summed E-state index contributed by atoms with van der Waals surface area (Å²) in [6, 6.07) is 5.66. The van der Waals surface area contributed by atoms with Gasteiger partial charge in [-0.05, 0) is 25.5 Å². The van der Waals surface area contributed by atoms with Crippen LogP contribution in [0.25, 0.3) is 0 Å². The zero-order chi connectivity index (χ0) is 12.1. The van der Waals surface area contributed by atoms with Gasteiger partial charge in [-0.25, -0.2) is 0 Å². The van der Waals surface area contributed by atoms with E-state index in [2.05, 4.69) is 15.9 Å². The van der Waals surface area contributed by atoms with E-state index in [0.717, 1.165) is 15.8 Å². The van der Waals surface area contributed by atoms with E-state index in [9.17, 15) is 5.11 Å². The Morgan fingerprint density at radius 2 is 2.19 bits per heavy atom. The first-order valence-electron chi connectivity index (χ1n) is 5.40. The maximum atomic E-state index is 9.45. The maximum absolute atomic E-state index is 9.45. The molecule has 4 heteroatoms. The summed E-state index contributed by atoms with van der Waals surface area (Å²) >= 11 is 3.39. The number of halogens is 1. The smallest absolute Gasteiger partial charge is 0.125 e. The highest BCUT2D eigenvalue weighted by Gasteiger charge is 2.10. The first-order chi connectivity index (χ1) is 7.54. The number of nitrogens with two attached hydrogens (primary N) is 1. The summed E-state index contributed by atoms with van der Waals surface area (Å²) in [6.07, 6.45) is 0.251. The van der Waals surface area contributed by atoms with Gasteiger partial charge in [0, 0.05) is 16.1 Å². The monoisotopic (exact) mass is 287 g/mol. The Morgan fingerprint density at radius 1 is 1.50 bits per heavy atom. The molecule has 0 aliphatic carbocycles. The molecule has 1 unspecified atom stereocenters. The van der Waals surface area contributed by atoms with Crippen LogP contribution in [0.2, 0.25) is 0 Å². The van der Waals surface area contributed by atoms with Gasteiger partial charge in [-0.1, -0.05) is 28.9 Å². The minimum absolute atomic E-state index is 0.0816. The molecule has 3 nitrogen and oxygen atoms in total. The van der Waals surface area contributed by atoms with E-state index in [1.54, 1.807) is 0 Å². The van der Waals surface area contributed by atoms with E-state index in [1.807, 2.05) is 32.0 Å². The number of aliphatic hydroxyl groups is 1. The van der Waals surface area contributed by atoms with Crippen LogP contribution >= 0.6 is 15.9 Å². The summed E-state index contributed by atoms with van der Waals surface area (Å²) < 4.78 is 6.51. The van der Waals surface area contributed by atoms with Gasteiger partial charge in [0.05, 0.1) is 6.10 Å². The van der Waals surface area contributed by atoms with Crippen LogP contribution in [-0.2, 0) is 0 Å². The minimum atomic E-state index is -0.431. The highest BCUT2D eigenvalue weighted by Crippen LogP contribution is 2.27. The first kappa shape index (κ1) is 13.5. The van der Waals surface area contributed by atoms with Crippen LogP contribution < -0.4 is 10.5 Å². The molecule has 0 aliphatic rings. The van der Waals surface area contributed by atoms with Crippen LogP contribution in [0.5, 0.6) is 5.75 Å². The first-order valence-corrected chi connectivity index (χ1v) is 6.19. The average molecular weight is 288 g/mol. The minimum Gasteiger partial charge on any atom is -0.491 e. The SMILES string of the molecule is CCC(O)COc1cc(Br)ccc1[C@H](C)N. The van der Waals surface area contributed by atoms with Gasteiger partial charge in [0.25, 0.3) is 0 Å². The second kappa shape index (κ2) is 6.23. The predicted octanol–water partition coefficient (Wildman–Crippen LogP) is 2.62. The summed E-state index contributed by atoms with van der Waals surface area (Å²) in [7, 11) is 0. The molecule has 0 spiro atoms. The highest BCUT2D eigenvalue weighted by molar-refractivity contribution is 9.10. The summed E-state index contributed by atoms with van der Waals surface area (Å²) in [5, 5.41) is 9.45. The highest BCUT2D eigenvalue weighted by atomic mass is 79.9. The molecule has 0 amide bonds. The van der Waals surface area contributed by atoms with Crippen molar-refractivity contribution in [1.29, 1.82) is 0 Å².